The van der Waals surface area contributed by atoms with Crippen LogP contribution in [0.1, 0.15) is 5.69 Å². The Balaban J connectivity index is 1.94. The lowest BCUT2D eigenvalue weighted by Crippen LogP contribution is -2.37. The number of aromatic nitrogens is 4. The number of H-pyrrole nitrogens is 1. The van der Waals surface area contributed by atoms with Crippen molar-refractivity contribution in [1.29, 1.82) is 0 Å². The van der Waals surface area contributed by atoms with E-state index < -0.39 is 16.2 Å². The van der Waals surface area contributed by atoms with E-state index in [1.54, 1.807) is 18.0 Å². The third-order valence-electron chi connectivity index (χ3n) is 5.04. The van der Waals surface area contributed by atoms with E-state index >= 15 is 0 Å². The monoisotopic (exact) mass is 438 g/mol. The van der Waals surface area contributed by atoms with E-state index in [0.29, 0.717) is 17.1 Å². The molecular formula is C19H18N8O5. The van der Waals surface area contributed by atoms with Gasteiger partial charge in [-0.2, -0.15) is 0 Å². The molecule has 164 valence electrons. The summed E-state index contributed by atoms with van der Waals surface area (Å²) in [6.07, 6.45) is 2.66. The second kappa shape index (κ2) is 7.54. The first-order valence-corrected chi connectivity index (χ1v) is 9.22. The van der Waals surface area contributed by atoms with Gasteiger partial charge in [0.15, 0.2) is 5.65 Å². The summed E-state index contributed by atoms with van der Waals surface area (Å²) in [6, 6.07) is 4.33. The summed E-state index contributed by atoms with van der Waals surface area (Å²) in [5.74, 6) is -0.00904. The third-order valence-corrected chi connectivity index (χ3v) is 5.04. The number of benzene rings is 1. The Kier molecular flexibility index (Phi) is 4.85. The Bertz CT molecular complexity index is 1460. The molecule has 0 bridgehead atoms. The number of methoxy groups -OCH3 is 1. The number of anilines is 1. The van der Waals surface area contributed by atoms with E-state index in [1.165, 1.54) is 36.1 Å². The fourth-order valence-corrected chi connectivity index (χ4v) is 3.54. The normalized spacial score (nSPS) is 13.6. The lowest BCUT2D eigenvalue weighted by molar-refractivity contribution is -0.384. The first kappa shape index (κ1) is 20.6. The number of nitrogens with zero attached hydrogens (tertiary/aromatic N) is 6. The number of aliphatic imine (C=N–C) groups is 1. The molecule has 0 fully saturated rings. The molecule has 0 atom stereocenters. The number of hydrogen-bond donors (Lipinski definition) is 2. The minimum atomic E-state index is -0.775. The molecule has 13 nitrogen and oxygen atoms in total. The minimum absolute atomic E-state index is 0.0677. The minimum Gasteiger partial charge on any atom is -0.481 e. The van der Waals surface area contributed by atoms with E-state index in [9.17, 15) is 19.7 Å². The highest BCUT2D eigenvalue weighted by Crippen LogP contribution is 2.35. The molecule has 3 N–H and O–H groups in total. The summed E-state index contributed by atoms with van der Waals surface area (Å²) in [6.45, 7) is 3.56. The highest BCUT2D eigenvalue weighted by molar-refractivity contribution is 5.82. The summed E-state index contributed by atoms with van der Waals surface area (Å²) in [4.78, 5) is 44.4. The van der Waals surface area contributed by atoms with Crippen molar-refractivity contribution in [2.75, 3.05) is 19.1 Å². The number of non-ortho nitro benzene ring substituents is 1. The molecule has 3 heterocycles. The molecular weight excluding hydrogens is 420 g/mol. The van der Waals surface area contributed by atoms with Crippen LogP contribution in [0.2, 0.25) is 0 Å². The summed E-state index contributed by atoms with van der Waals surface area (Å²) < 4.78 is 7.22. The van der Waals surface area contributed by atoms with E-state index in [-0.39, 0.29) is 35.0 Å². The largest absolute Gasteiger partial charge is 0.481 e. The Morgan fingerprint density at radius 2 is 2.12 bits per heavy atom. The van der Waals surface area contributed by atoms with Gasteiger partial charge < -0.3 is 15.4 Å². The second-order valence-corrected chi connectivity index (χ2v) is 6.90. The van der Waals surface area contributed by atoms with Crippen LogP contribution in [0.15, 0.2) is 50.8 Å². The number of nitrogens with two attached hydrogens (primary N) is 1. The number of nitrogens with one attached hydrogen (secondary N) is 1. The number of allylic oxidation sites excluding steroid dienone is 2. The molecule has 13 heteroatoms. The standard InChI is InChI=1S/C19H18N8O5/c1-21-15(32-3)7-6-14(20)25-18(28)16-13-9-24(2)12-8-10(27(30)31)4-5-11(12)26(13)23-17(16)22-19(25)29/h4-8H,1,9,20H2,2-3H3,(H,22,23,29)/b14-6+,15-7+. The predicted molar refractivity (Wildman–Crippen MR) is 118 cm³/mol. The number of fused-ring (bicyclic) bond motifs is 5. The molecule has 0 spiro atoms. The fraction of sp³-hybridized carbons (Fsp3) is 0.158. The predicted octanol–water partition coefficient (Wildman–Crippen LogP) is 0.679. The van der Waals surface area contributed by atoms with Crippen LogP contribution in [-0.4, -0.2) is 45.1 Å². The highest BCUT2D eigenvalue weighted by atomic mass is 16.6. The van der Waals surface area contributed by atoms with Crippen LogP contribution in [0.5, 0.6) is 0 Å². The summed E-state index contributed by atoms with van der Waals surface area (Å²) in [7, 11) is 3.13. The van der Waals surface area contributed by atoms with Crippen molar-refractivity contribution in [3.05, 3.63) is 72.9 Å². The number of nitro groups is 1. The fourth-order valence-electron chi connectivity index (χ4n) is 3.54. The lowest BCUT2D eigenvalue weighted by Gasteiger charge is -2.27. The van der Waals surface area contributed by atoms with Gasteiger partial charge >= 0.3 is 5.69 Å². The van der Waals surface area contributed by atoms with Gasteiger partial charge in [-0.15, -0.1) is 5.10 Å². The smallest absolute Gasteiger partial charge is 0.335 e. The van der Waals surface area contributed by atoms with Gasteiger partial charge in [0, 0.05) is 25.3 Å². The SMILES string of the molecule is C=N/C(=C\C=C(/N)n1c(=O)[nH]c2nn3c(c2c1=O)CN(C)c1cc([N+](=O)[O-])ccc1-3)OC. The van der Waals surface area contributed by atoms with Gasteiger partial charge in [-0.3, -0.25) is 19.9 Å². The molecule has 1 aliphatic rings. The van der Waals surface area contributed by atoms with Gasteiger partial charge in [0.1, 0.15) is 11.2 Å². The highest BCUT2D eigenvalue weighted by Gasteiger charge is 2.28. The van der Waals surface area contributed by atoms with Gasteiger partial charge in [-0.05, 0) is 18.9 Å². The maximum atomic E-state index is 13.2. The number of nitro benzene ring substituents is 1. The molecule has 1 aromatic carbocycles. The van der Waals surface area contributed by atoms with Gasteiger partial charge in [0.25, 0.3) is 11.2 Å². The van der Waals surface area contributed by atoms with Crippen LogP contribution in [0, 0.1) is 10.1 Å². The van der Waals surface area contributed by atoms with Crippen molar-refractivity contribution < 1.29 is 9.66 Å². The number of rotatable bonds is 5. The zero-order valence-electron chi connectivity index (χ0n) is 17.1. The van der Waals surface area contributed by atoms with Crippen molar-refractivity contribution in [2.24, 2.45) is 10.7 Å². The summed E-state index contributed by atoms with van der Waals surface area (Å²) in [5.41, 5.74) is 6.17. The van der Waals surface area contributed by atoms with E-state index in [4.69, 9.17) is 10.5 Å². The first-order valence-electron chi connectivity index (χ1n) is 9.22. The summed E-state index contributed by atoms with van der Waals surface area (Å²) >= 11 is 0. The van der Waals surface area contributed by atoms with Crippen molar-refractivity contribution >= 4 is 34.9 Å². The molecule has 0 aliphatic carbocycles. The third kappa shape index (κ3) is 3.12. The maximum Gasteiger partial charge on any atom is 0.335 e. The summed E-state index contributed by atoms with van der Waals surface area (Å²) in [5, 5.41) is 15.7. The Morgan fingerprint density at radius 3 is 2.78 bits per heavy atom. The number of aromatic amines is 1. The molecule has 0 saturated heterocycles. The number of ether oxygens (including phenoxy) is 1. The van der Waals surface area contributed by atoms with Crippen LogP contribution in [0.4, 0.5) is 11.4 Å². The van der Waals surface area contributed by atoms with Crippen molar-refractivity contribution in [2.45, 2.75) is 6.54 Å². The zero-order chi connectivity index (χ0) is 23.2. The first-order chi connectivity index (χ1) is 15.3. The Morgan fingerprint density at radius 1 is 1.38 bits per heavy atom. The molecule has 2 aromatic heterocycles. The average Bonchev–Trinajstić information content (AvgIpc) is 3.12. The lowest BCUT2D eigenvalue weighted by atomic mass is 10.1. The Hall–Kier alpha value is -4.68. The van der Waals surface area contributed by atoms with Gasteiger partial charge in [-0.25, -0.2) is 19.0 Å². The van der Waals surface area contributed by atoms with Crippen molar-refractivity contribution in [1.82, 2.24) is 19.3 Å². The van der Waals surface area contributed by atoms with Gasteiger partial charge in [-0.1, -0.05) is 0 Å². The van der Waals surface area contributed by atoms with Crippen LogP contribution >= 0.6 is 0 Å². The van der Waals surface area contributed by atoms with Crippen LogP contribution < -0.4 is 21.9 Å². The molecule has 0 amide bonds. The molecule has 3 aromatic rings. The zero-order valence-corrected chi connectivity index (χ0v) is 17.1. The molecule has 32 heavy (non-hydrogen) atoms. The van der Waals surface area contributed by atoms with Gasteiger partial charge in [0.05, 0.1) is 35.6 Å². The number of hydrogen-bond acceptors (Lipinski definition) is 9. The van der Waals surface area contributed by atoms with E-state index in [0.717, 1.165) is 4.57 Å². The topological polar surface area (TPSA) is 167 Å². The Labute approximate surface area is 179 Å². The van der Waals surface area contributed by atoms with E-state index in [2.05, 4.69) is 21.8 Å². The van der Waals surface area contributed by atoms with Crippen molar-refractivity contribution in [3.63, 3.8) is 0 Å². The molecule has 1 aliphatic heterocycles. The van der Waals surface area contributed by atoms with Crippen LogP contribution in [-0.2, 0) is 11.3 Å². The molecule has 0 saturated carbocycles. The molecule has 4 rings (SSSR count). The van der Waals surface area contributed by atoms with Crippen LogP contribution in [0.25, 0.3) is 22.5 Å². The molecule has 0 radical (unpaired) electrons. The average molecular weight is 438 g/mol. The van der Waals surface area contributed by atoms with Crippen LogP contribution in [0.3, 0.4) is 0 Å². The van der Waals surface area contributed by atoms with Crippen molar-refractivity contribution in [3.8, 4) is 5.69 Å². The second-order valence-electron chi connectivity index (χ2n) is 6.90. The maximum absolute atomic E-state index is 13.2. The van der Waals surface area contributed by atoms with Gasteiger partial charge in [0.2, 0.25) is 5.88 Å². The molecule has 0 unspecified atom stereocenters. The quantitative estimate of drug-likeness (QED) is 0.193. The van der Waals surface area contributed by atoms with E-state index in [1.807, 2.05) is 0 Å².